The van der Waals surface area contributed by atoms with Crippen molar-refractivity contribution in [1.29, 1.82) is 0 Å². The highest BCUT2D eigenvalue weighted by Gasteiger charge is 2.13. The largest absolute Gasteiger partial charge is 0.493 e. The van der Waals surface area contributed by atoms with Crippen molar-refractivity contribution >= 4 is 17.5 Å². The minimum atomic E-state index is -0.0925. The van der Waals surface area contributed by atoms with Crippen molar-refractivity contribution in [3.63, 3.8) is 0 Å². The van der Waals surface area contributed by atoms with Crippen molar-refractivity contribution in [2.24, 2.45) is 0 Å². The molecule has 134 valence electrons. The molecule has 0 aliphatic carbocycles. The van der Waals surface area contributed by atoms with Crippen molar-refractivity contribution in [2.45, 2.75) is 39.8 Å². The molecule has 2 rings (SSSR count). The van der Waals surface area contributed by atoms with Gasteiger partial charge >= 0.3 is 0 Å². The van der Waals surface area contributed by atoms with Gasteiger partial charge in [-0.2, -0.15) is 0 Å². The van der Waals surface area contributed by atoms with E-state index in [1.165, 1.54) is 0 Å². The van der Waals surface area contributed by atoms with Gasteiger partial charge < -0.3 is 14.8 Å². The Morgan fingerprint density at radius 2 is 1.84 bits per heavy atom. The highest BCUT2D eigenvalue weighted by atomic mass is 35.5. The second kappa shape index (κ2) is 9.33. The number of amides is 1. The van der Waals surface area contributed by atoms with E-state index in [0.29, 0.717) is 29.5 Å². The summed E-state index contributed by atoms with van der Waals surface area (Å²) in [5.74, 6) is 1.34. The number of benzene rings is 2. The van der Waals surface area contributed by atoms with Gasteiger partial charge in [-0.05, 0) is 62.7 Å². The molecule has 5 heteroatoms. The second-order valence-electron chi connectivity index (χ2n) is 5.78. The summed E-state index contributed by atoms with van der Waals surface area (Å²) in [6.07, 6.45) is 0.884. The van der Waals surface area contributed by atoms with Crippen LogP contribution in [0.25, 0.3) is 0 Å². The van der Waals surface area contributed by atoms with Crippen molar-refractivity contribution in [1.82, 2.24) is 5.32 Å². The normalized spacial score (nSPS) is 11.7. The Morgan fingerprint density at radius 1 is 1.12 bits per heavy atom. The van der Waals surface area contributed by atoms with Gasteiger partial charge in [-0.15, -0.1) is 0 Å². The first-order valence-corrected chi connectivity index (χ1v) is 8.86. The zero-order valence-corrected chi connectivity index (χ0v) is 15.6. The van der Waals surface area contributed by atoms with Crippen LogP contribution in [0.2, 0.25) is 5.02 Å². The maximum absolute atomic E-state index is 12.3. The quantitative estimate of drug-likeness (QED) is 0.731. The van der Waals surface area contributed by atoms with Gasteiger partial charge in [-0.1, -0.05) is 18.5 Å². The molecule has 2 aromatic rings. The van der Waals surface area contributed by atoms with Gasteiger partial charge in [0.25, 0.3) is 5.91 Å². The Bertz CT molecular complexity index is 701. The van der Waals surface area contributed by atoms with E-state index in [2.05, 4.69) is 5.32 Å². The van der Waals surface area contributed by atoms with Gasteiger partial charge in [0.15, 0.2) is 0 Å². The standard InChI is InChI=1S/C20H24ClNO3/c1-4-14(3)22-20(23)15-6-11-19(24-5-2)16(12-15)13-25-18-9-7-17(21)8-10-18/h6-12,14H,4-5,13H2,1-3H3,(H,22,23)/t14-/m0/s1. The van der Waals surface area contributed by atoms with E-state index in [4.69, 9.17) is 21.1 Å². The fourth-order valence-corrected chi connectivity index (χ4v) is 2.36. The molecule has 0 saturated heterocycles. The first-order valence-electron chi connectivity index (χ1n) is 8.48. The van der Waals surface area contributed by atoms with Crippen molar-refractivity contribution in [3.05, 3.63) is 58.6 Å². The van der Waals surface area contributed by atoms with Crippen LogP contribution >= 0.6 is 11.6 Å². The summed E-state index contributed by atoms with van der Waals surface area (Å²) < 4.78 is 11.4. The summed E-state index contributed by atoms with van der Waals surface area (Å²) in [5, 5.41) is 3.63. The van der Waals surface area contributed by atoms with E-state index in [0.717, 1.165) is 17.7 Å². The van der Waals surface area contributed by atoms with Crippen molar-refractivity contribution < 1.29 is 14.3 Å². The number of rotatable bonds is 8. The number of halogens is 1. The van der Waals surface area contributed by atoms with Gasteiger partial charge in [0.1, 0.15) is 18.1 Å². The SMILES string of the molecule is CCOc1ccc(C(=O)N[C@@H](C)CC)cc1COc1ccc(Cl)cc1. The smallest absolute Gasteiger partial charge is 0.251 e. The zero-order chi connectivity index (χ0) is 18.2. The average molecular weight is 362 g/mol. The van der Waals surface area contributed by atoms with Crippen LogP contribution in [0.5, 0.6) is 11.5 Å². The Morgan fingerprint density at radius 3 is 2.48 bits per heavy atom. The van der Waals surface area contributed by atoms with E-state index in [-0.39, 0.29) is 11.9 Å². The predicted octanol–water partition coefficient (Wildman–Crippen LogP) is 4.85. The molecule has 0 radical (unpaired) electrons. The van der Waals surface area contributed by atoms with Crippen LogP contribution in [0.1, 0.15) is 43.1 Å². The van der Waals surface area contributed by atoms with Gasteiger partial charge in [0.05, 0.1) is 6.61 Å². The molecule has 0 spiro atoms. The lowest BCUT2D eigenvalue weighted by Gasteiger charge is -2.15. The first kappa shape index (κ1) is 19.1. The van der Waals surface area contributed by atoms with Crippen LogP contribution in [-0.2, 0) is 6.61 Å². The number of carbonyl (C=O) groups is 1. The summed E-state index contributed by atoms with van der Waals surface area (Å²) >= 11 is 5.88. The fourth-order valence-electron chi connectivity index (χ4n) is 2.23. The zero-order valence-electron chi connectivity index (χ0n) is 14.8. The summed E-state index contributed by atoms with van der Waals surface area (Å²) in [6, 6.07) is 12.7. The molecule has 0 saturated carbocycles. The molecule has 0 bridgehead atoms. The molecule has 1 atom stereocenters. The van der Waals surface area contributed by atoms with Crippen LogP contribution in [0.15, 0.2) is 42.5 Å². The highest BCUT2D eigenvalue weighted by molar-refractivity contribution is 6.30. The second-order valence-corrected chi connectivity index (χ2v) is 6.22. The molecule has 0 aliphatic heterocycles. The monoisotopic (exact) mass is 361 g/mol. The molecule has 0 fully saturated rings. The van der Waals surface area contributed by atoms with E-state index in [1.807, 2.05) is 45.0 Å². The highest BCUT2D eigenvalue weighted by Crippen LogP contribution is 2.23. The molecule has 25 heavy (non-hydrogen) atoms. The molecule has 0 heterocycles. The van der Waals surface area contributed by atoms with E-state index in [1.54, 1.807) is 18.2 Å². The maximum Gasteiger partial charge on any atom is 0.251 e. The molecule has 4 nitrogen and oxygen atoms in total. The Kier molecular flexibility index (Phi) is 7.14. The van der Waals surface area contributed by atoms with E-state index >= 15 is 0 Å². The van der Waals surface area contributed by atoms with Gasteiger partial charge in [-0.3, -0.25) is 4.79 Å². The predicted molar refractivity (Wildman–Crippen MR) is 101 cm³/mol. The topological polar surface area (TPSA) is 47.6 Å². The Hall–Kier alpha value is -2.20. The van der Waals surface area contributed by atoms with Gasteiger partial charge in [0, 0.05) is 22.2 Å². The van der Waals surface area contributed by atoms with Gasteiger partial charge in [0.2, 0.25) is 0 Å². The number of nitrogens with one attached hydrogen (secondary N) is 1. The average Bonchev–Trinajstić information content (AvgIpc) is 2.62. The third-order valence-electron chi connectivity index (χ3n) is 3.82. The third-order valence-corrected chi connectivity index (χ3v) is 4.07. The van der Waals surface area contributed by atoms with Crippen molar-refractivity contribution in [2.75, 3.05) is 6.61 Å². The van der Waals surface area contributed by atoms with Crippen molar-refractivity contribution in [3.8, 4) is 11.5 Å². The van der Waals surface area contributed by atoms with Crippen LogP contribution in [-0.4, -0.2) is 18.6 Å². The first-order chi connectivity index (χ1) is 12.0. The van der Waals surface area contributed by atoms with Gasteiger partial charge in [-0.25, -0.2) is 0 Å². The molecule has 2 aromatic carbocycles. The van der Waals surface area contributed by atoms with Crippen LogP contribution < -0.4 is 14.8 Å². The number of ether oxygens (including phenoxy) is 2. The minimum Gasteiger partial charge on any atom is -0.493 e. The summed E-state index contributed by atoms with van der Waals surface area (Å²) in [5.41, 5.74) is 1.42. The van der Waals surface area contributed by atoms with E-state index in [9.17, 15) is 4.79 Å². The van der Waals surface area contributed by atoms with Crippen LogP contribution in [0, 0.1) is 0 Å². The third kappa shape index (κ3) is 5.68. The maximum atomic E-state index is 12.3. The number of hydrogen-bond acceptors (Lipinski definition) is 3. The molecule has 1 N–H and O–H groups in total. The van der Waals surface area contributed by atoms with Crippen LogP contribution in [0.4, 0.5) is 0 Å². The molecule has 0 unspecified atom stereocenters. The molecule has 1 amide bonds. The lowest BCUT2D eigenvalue weighted by Crippen LogP contribution is -2.32. The number of carbonyl (C=O) groups excluding carboxylic acids is 1. The Labute approximate surface area is 154 Å². The lowest BCUT2D eigenvalue weighted by molar-refractivity contribution is 0.0939. The fraction of sp³-hybridized carbons (Fsp3) is 0.350. The lowest BCUT2D eigenvalue weighted by atomic mass is 10.1. The molecule has 0 aliphatic rings. The number of hydrogen-bond donors (Lipinski definition) is 1. The summed E-state index contributed by atoms with van der Waals surface area (Å²) in [6.45, 7) is 6.80. The van der Waals surface area contributed by atoms with E-state index < -0.39 is 0 Å². The molecule has 0 aromatic heterocycles. The summed E-state index contributed by atoms with van der Waals surface area (Å²) in [4.78, 5) is 12.3. The van der Waals surface area contributed by atoms with Crippen LogP contribution in [0.3, 0.4) is 0 Å². The Balaban J connectivity index is 2.16. The summed E-state index contributed by atoms with van der Waals surface area (Å²) in [7, 11) is 0. The minimum absolute atomic E-state index is 0.0925. The molecular formula is C20H24ClNO3. The molecular weight excluding hydrogens is 338 g/mol.